The van der Waals surface area contributed by atoms with Crippen LogP contribution in [0.5, 0.6) is 0 Å². The highest BCUT2D eigenvalue weighted by Crippen LogP contribution is 2.47. The Morgan fingerprint density at radius 2 is 2.12 bits per heavy atom. The third kappa shape index (κ3) is 1.65. The van der Waals surface area contributed by atoms with Gasteiger partial charge in [-0.2, -0.15) is 0 Å². The van der Waals surface area contributed by atoms with Crippen LogP contribution in [0.2, 0.25) is 0 Å². The Labute approximate surface area is 102 Å². The SMILES string of the molecule is Cc1cccc2c1NC(=O)C2NC1CC1(C)C. The number of benzene rings is 1. The van der Waals surface area contributed by atoms with Gasteiger partial charge in [0.15, 0.2) is 0 Å². The number of carbonyl (C=O) groups excluding carboxylic acids is 1. The Kier molecular flexibility index (Phi) is 2.11. The van der Waals surface area contributed by atoms with E-state index in [9.17, 15) is 4.79 Å². The second kappa shape index (κ2) is 3.33. The maximum Gasteiger partial charge on any atom is 0.246 e. The summed E-state index contributed by atoms with van der Waals surface area (Å²) in [5, 5.41) is 6.44. The summed E-state index contributed by atoms with van der Waals surface area (Å²) in [5.41, 5.74) is 3.56. The predicted octanol–water partition coefficient (Wildman–Crippen LogP) is 2.38. The van der Waals surface area contributed by atoms with Crippen molar-refractivity contribution in [3.05, 3.63) is 29.3 Å². The lowest BCUT2D eigenvalue weighted by Crippen LogP contribution is -2.31. The van der Waals surface area contributed by atoms with Crippen LogP contribution in [0.25, 0.3) is 0 Å². The Balaban J connectivity index is 1.88. The second-order valence-electron chi connectivity index (χ2n) is 5.87. The van der Waals surface area contributed by atoms with Gasteiger partial charge in [0.05, 0.1) is 0 Å². The van der Waals surface area contributed by atoms with Gasteiger partial charge >= 0.3 is 0 Å². The van der Waals surface area contributed by atoms with Gasteiger partial charge in [-0.1, -0.05) is 32.0 Å². The summed E-state index contributed by atoms with van der Waals surface area (Å²) in [7, 11) is 0. The Bertz CT molecular complexity index is 493. The molecule has 1 aliphatic carbocycles. The quantitative estimate of drug-likeness (QED) is 0.819. The molecule has 2 atom stereocenters. The number of carbonyl (C=O) groups is 1. The van der Waals surface area contributed by atoms with Gasteiger partial charge in [-0.25, -0.2) is 0 Å². The van der Waals surface area contributed by atoms with Gasteiger partial charge in [-0.3, -0.25) is 10.1 Å². The van der Waals surface area contributed by atoms with E-state index in [1.807, 2.05) is 25.1 Å². The highest BCUT2D eigenvalue weighted by Gasteiger charge is 2.48. The van der Waals surface area contributed by atoms with Crippen molar-refractivity contribution in [3.8, 4) is 0 Å². The predicted molar refractivity (Wildman–Crippen MR) is 67.9 cm³/mol. The van der Waals surface area contributed by atoms with Gasteiger partial charge in [0.2, 0.25) is 5.91 Å². The molecule has 0 saturated heterocycles. The molecule has 1 aromatic rings. The summed E-state index contributed by atoms with van der Waals surface area (Å²) in [4.78, 5) is 12.0. The van der Waals surface area contributed by atoms with Gasteiger partial charge in [-0.15, -0.1) is 0 Å². The molecular weight excluding hydrogens is 212 g/mol. The molecule has 1 aliphatic heterocycles. The van der Waals surface area contributed by atoms with E-state index >= 15 is 0 Å². The van der Waals surface area contributed by atoms with Crippen molar-refractivity contribution in [2.45, 2.75) is 39.3 Å². The summed E-state index contributed by atoms with van der Waals surface area (Å²) >= 11 is 0. The first-order chi connectivity index (χ1) is 7.99. The molecule has 0 bridgehead atoms. The number of nitrogens with one attached hydrogen (secondary N) is 2. The first-order valence-electron chi connectivity index (χ1n) is 6.15. The molecule has 0 radical (unpaired) electrons. The van der Waals surface area contributed by atoms with Crippen LogP contribution in [0.15, 0.2) is 18.2 Å². The number of rotatable bonds is 2. The fourth-order valence-corrected chi connectivity index (χ4v) is 2.56. The van der Waals surface area contributed by atoms with Gasteiger partial charge in [0.1, 0.15) is 6.04 Å². The molecule has 0 spiro atoms. The first kappa shape index (κ1) is 10.8. The zero-order valence-electron chi connectivity index (χ0n) is 10.5. The molecule has 1 aromatic carbocycles. The molecule has 1 amide bonds. The highest BCUT2D eigenvalue weighted by molar-refractivity contribution is 6.03. The molecule has 3 rings (SSSR count). The zero-order valence-corrected chi connectivity index (χ0v) is 10.5. The lowest BCUT2D eigenvalue weighted by atomic mass is 10.0. The number of amides is 1. The fourth-order valence-electron chi connectivity index (χ4n) is 2.56. The van der Waals surface area contributed by atoms with E-state index < -0.39 is 0 Å². The van der Waals surface area contributed by atoms with Crippen LogP contribution in [0.3, 0.4) is 0 Å². The van der Waals surface area contributed by atoms with E-state index in [-0.39, 0.29) is 11.9 Å². The lowest BCUT2D eigenvalue weighted by Gasteiger charge is -2.13. The van der Waals surface area contributed by atoms with Crippen LogP contribution in [0, 0.1) is 12.3 Å². The third-order valence-corrected chi connectivity index (χ3v) is 4.01. The van der Waals surface area contributed by atoms with Crippen molar-refractivity contribution < 1.29 is 4.79 Å². The number of aryl methyl sites for hydroxylation is 1. The minimum Gasteiger partial charge on any atom is -0.324 e. The van der Waals surface area contributed by atoms with E-state index in [2.05, 4.69) is 24.5 Å². The van der Waals surface area contributed by atoms with Crippen molar-refractivity contribution in [1.29, 1.82) is 0 Å². The monoisotopic (exact) mass is 230 g/mol. The number of anilines is 1. The normalized spacial score (nSPS) is 28.8. The van der Waals surface area contributed by atoms with E-state index in [4.69, 9.17) is 0 Å². The number of hydrogen-bond donors (Lipinski definition) is 2. The molecule has 1 heterocycles. The van der Waals surface area contributed by atoms with Gasteiger partial charge in [0, 0.05) is 17.3 Å². The van der Waals surface area contributed by atoms with Crippen LogP contribution >= 0.6 is 0 Å². The maximum absolute atomic E-state index is 12.0. The summed E-state index contributed by atoms with van der Waals surface area (Å²) in [6.45, 7) is 6.49. The summed E-state index contributed by atoms with van der Waals surface area (Å²) in [6.07, 6.45) is 1.15. The summed E-state index contributed by atoms with van der Waals surface area (Å²) in [5.74, 6) is 0.0806. The average molecular weight is 230 g/mol. The fraction of sp³-hybridized carbons (Fsp3) is 0.500. The topological polar surface area (TPSA) is 41.1 Å². The molecule has 1 saturated carbocycles. The number of fused-ring (bicyclic) bond motifs is 1. The number of hydrogen-bond acceptors (Lipinski definition) is 2. The highest BCUT2D eigenvalue weighted by atomic mass is 16.2. The molecule has 3 nitrogen and oxygen atoms in total. The molecule has 2 N–H and O–H groups in total. The Morgan fingerprint density at radius 1 is 1.41 bits per heavy atom. The van der Waals surface area contributed by atoms with Gasteiger partial charge in [-0.05, 0) is 24.3 Å². The van der Waals surface area contributed by atoms with Crippen molar-refractivity contribution >= 4 is 11.6 Å². The standard InChI is InChI=1S/C14H18N2O/c1-8-5-4-6-9-11(8)16-13(17)12(9)15-10-7-14(10,2)3/h4-6,10,12,15H,7H2,1-3H3,(H,16,17). The van der Waals surface area contributed by atoms with Crippen molar-refractivity contribution in [2.24, 2.45) is 5.41 Å². The molecule has 17 heavy (non-hydrogen) atoms. The van der Waals surface area contributed by atoms with Crippen molar-refractivity contribution in [3.63, 3.8) is 0 Å². The van der Waals surface area contributed by atoms with Gasteiger partial charge in [0.25, 0.3) is 0 Å². The largest absolute Gasteiger partial charge is 0.324 e. The summed E-state index contributed by atoms with van der Waals surface area (Å²) < 4.78 is 0. The van der Waals surface area contributed by atoms with Crippen molar-refractivity contribution in [2.75, 3.05) is 5.32 Å². The van der Waals surface area contributed by atoms with Gasteiger partial charge < -0.3 is 5.32 Å². The maximum atomic E-state index is 12.0. The zero-order chi connectivity index (χ0) is 12.2. The van der Waals surface area contributed by atoms with Crippen LogP contribution < -0.4 is 10.6 Å². The molecule has 2 aliphatic rings. The van der Waals surface area contributed by atoms with E-state index in [0.29, 0.717) is 11.5 Å². The number of para-hydroxylation sites is 1. The first-order valence-corrected chi connectivity index (χ1v) is 6.15. The molecule has 2 unspecified atom stereocenters. The van der Waals surface area contributed by atoms with E-state index in [1.54, 1.807) is 0 Å². The minimum atomic E-state index is -0.170. The lowest BCUT2D eigenvalue weighted by molar-refractivity contribution is -0.117. The second-order valence-corrected chi connectivity index (χ2v) is 5.87. The molecule has 90 valence electrons. The van der Waals surface area contributed by atoms with Crippen LogP contribution in [0.1, 0.15) is 37.4 Å². The third-order valence-electron chi connectivity index (χ3n) is 4.01. The van der Waals surface area contributed by atoms with E-state index in [1.165, 1.54) is 0 Å². The molecule has 3 heteroatoms. The molecular formula is C14H18N2O. The smallest absolute Gasteiger partial charge is 0.246 e. The van der Waals surface area contributed by atoms with Crippen LogP contribution in [-0.2, 0) is 4.79 Å². The van der Waals surface area contributed by atoms with Crippen molar-refractivity contribution in [1.82, 2.24) is 5.32 Å². The molecule has 0 aromatic heterocycles. The summed E-state index contributed by atoms with van der Waals surface area (Å²) in [6, 6.07) is 6.37. The average Bonchev–Trinajstić information content (AvgIpc) is 2.71. The Hall–Kier alpha value is -1.35. The molecule has 1 fully saturated rings. The van der Waals surface area contributed by atoms with E-state index in [0.717, 1.165) is 23.2 Å². The minimum absolute atomic E-state index is 0.0806. The van der Waals surface area contributed by atoms with Crippen LogP contribution in [0.4, 0.5) is 5.69 Å². The Morgan fingerprint density at radius 3 is 2.76 bits per heavy atom. The van der Waals surface area contributed by atoms with Crippen LogP contribution in [-0.4, -0.2) is 11.9 Å².